The van der Waals surface area contributed by atoms with Gasteiger partial charge in [-0.1, -0.05) is 41.9 Å². The molecular weight excluding hydrogens is 214 g/mol. The predicted octanol–water partition coefficient (Wildman–Crippen LogP) is 3.91. The Kier molecular flexibility index (Phi) is 5.99. The largest absolute Gasteiger partial charge is 0.305 e. The standard InChI is InChI=1S/C10H16BrN/c1-4-8(2)10(12)7-5-6-9(3)11/h5-8,12H,4H2,1-3H3/b7-5-,9-6+,12-10?. The number of hydrogen-bond acceptors (Lipinski definition) is 1. The highest BCUT2D eigenvalue weighted by atomic mass is 79.9. The van der Waals surface area contributed by atoms with E-state index in [1.165, 1.54) is 0 Å². The van der Waals surface area contributed by atoms with E-state index in [9.17, 15) is 0 Å². The van der Waals surface area contributed by atoms with Gasteiger partial charge in [0.2, 0.25) is 0 Å². The van der Waals surface area contributed by atoms with E-state index in [-0.39, 0.29) is 0 Å². The van der Waals surface area contributed by atoms with Crippen molar-refractivity contribution in [1.29, 1.82) is 5.41 Å². The zero-order valence-electron chi connectivity index (χ0n) is 7.89. The molecule has 1 nitrogen and oxygen atoms in total. The van der Waals surface area contributed by atoms with Crippen LogP contribution in [0.5, 0.6) is 0 Å². The summed E-state index contributed by atoms with van der Waals surface area (Å²) >= 11 is 3.32. The van der Waals surface area contributed by atoms with Crippen LogP contribution in [0.2, 0.25) is 0 Å². The third-order valence-electron chi connectivity index (χ3n) is 1.74. The van der Waals surface area contributed by atoms with E-state index in [1.807, 2.05) is 25.2 Å². The van der Waals surface area contributed by atoms with E-state index in [1.54, 1.807) is 0 Å². The number of rotatable bonds is 4. The van der Waals surface area contributed by atoms with Gasteiger partial charge >= 0.3 is 0 Å². The Balaban J connectivity index is 4.00. The molecule has 0 rings (SSSR count). The van der Waals surface area contributed by atoms with Crippen LogP contribution in [0.25, 0.3) is 0 Å². The van der Waals surface area contributed by atoms with E-state index >= 15 is 0 Å². The highest BCUT2D eigenvalue weighted by molar-refractivity contribution is 9.11. The molecule has 0 radical (unpaired) electrons. The molecule has 0 aromatic carbocycles. The highest BCUT2D eigenvalue weighted by Crippen LogP contribution is 2.05. The fourth-order valence-corrected chi connectivity index (χ4v) is 0.821. The molecule has 0 aromatic rings. The quantitative estimate of drug-likeness (QED) is 0.559. The smallest absolute Gasteiger partial charge is 0.0341 e. The fraction of sp³-hybridized carbons (Fsp3) is 0.500. The van der Waals surface area contributed by atoms with Crippen molar-refractivity contribution in [3.05, 3.63) is 22.7 Å². The van der Waals surface area contributed by atoms with Crippen molar-refractivity contribution >= 4 is 21.6 Å². The van der Waals surface area contributed by atoms with Gasteiger partial charge in [0.15, 0.2) is 0 Å². The molecule has 12 heavy (non-hydrogen) atoms. The van der Waals surface area contributed by atoms with Gasteiger partial charge in [0.1, 0.15) is 0 Å². The molecule has 0 amide bonds. The summed E-state index contributed by atoms with van der Waals surface area (Å²) in [5.41, 5.74) is 0.697. The summed E-state index contributed by atoms with van der Waals surface area (Å²) in [4.78, 5) is 0. The van der Waals surface area contributed by atoms with Gasteiger partial charge < -0.3 is 5.41 Å². The molecule has 0 spiro atoms. The van der Waals surface area contributed by atoms with Gasteiger partial charge in [-0.2, -0.15) is 0 Å². The Labute approximate surface area is 83.2 Å². The minimum absolute atomic E-state index is 0.366. The molecule has 1 unspecified atom stereocenters. The second kappa shape index (κ2) is 6.18. The molecule has 1 atom stereocenters. The lowest BCUT2D eigenvalue weighted by Crippen LogP contribution is -2.04. The molecule has 0 bridgehead atoms. The van der Waals surface area contributed by atoms with Crippen LogP contribution < -0.4 is 0 Å². The molecule has 0 saturated carbocycles. The monoisotopic (exact) mass is 229 g/mol. The number of halogens is 1. The second-order valence-corrected chi connectivity index (χ2v) is 4.13. The minimum atomic E-state index is 0.366. The van der Waals surface area contributed by atoms with Crippen LogP contribution in [0.3, 0.4) is 0 Å². The average Bonchev–Trinajstić information content (AvgIpc) is 2.02. The summed E-state index contributed by atoms with van der Waals surface area (Å²) in [6.07, 6.45) is 6.72. The topological polar surface area (TPSA) is 23.9 Å². The Bertz CT molecular complexity index is 200. The van der Waals surface area contributed by atoms with Gasteiger partial charge in [0.05, 0.1) is 0 Å². The van der Waals surface area contributed by atoms with Gasteiger partial charge in [-0.3, -0.25) is 0 Å². The lowest BCUT2D eigenvalue weighted by Gasteiger charge is -2.04. The Morgan fingerprint density at radius 3 is 2.58 bits per heavy atom. The molecule has 0 aliphatic rings. The molecule has 0 heterocycles. The molecule has 0 saturated heterocycles. The van der Waals surface area contributed by atoms with E-state index < -0.39 is 0 Å². The fourth-order valence-electron chi connectivity index (χ4n) is 0.669. The van der Waals surface area contributed by atoms with Crippen LogP contribution in [0, 0.1) is 11.3 Å². The third-order valence-corrected chi connectivity index (χ3v) is 2.01. The zero-order chi connectivity index (χ0) is 9.56. The van der Waals surface area contributed by atoms with Gasteiger partial charge in [-0.15, -0.1) is 0 Å². The number of hydrogen-bond donors (Lipinski definition) is 1. The second-order valence-electron chi connectivity index (χ2n) is 2.88. The summed E-state index contributed by atoms with van der Waals surface area (Å²) in [5.74, 6) is 0.366. The Morgan fingerprint density at radius 2 is 2.17 bits per heavy atom. The molecule has 0 aromatic heterocycles. The third kappa shape index (κ3) is 5.30. The molecule has 0 aliphatic heterocycles. The van der Waals surface area contributed by atoms with Gasteiger partial charge in [-0.05, 0) is 29.8 Å². The molecule has 68 valence electrons. The first-order chi connectivity index (χ1) is 5.57. The molecule has 2 heteroatoms. The summed E-state index contributed by atoms with van der Waals surface area (Å²) in [5, 5.41) is 7.61. The first kappa shape index (κ1) is 11.6. The lowest BCUT2D eigenvalue weighted by molar-refractivity contribution is 0.738. The van der Waals surface area contributed by atoms with Gasteiger partial charge in [0.25, 0.3) is 0 Å². The van der Waals surface area contributed by atoms with Crippen molar-refractivity contribution in [2.45, 2.75) is 27.2 Å². The Hall–Kier alpha value is -0.370. The van der Waals surface area contributed by atoms with Crippen LogP contribution in [-0.4, -0.2) is 5.71 Å². The van der Waals surface area contributed by atoms with Crippen LogP contribution in [-0.2, 0) is 0 Å². The number of nitrogens with one attached hydrogen (secondary N) is 1. The van der Waals surface area contributed by atoms with Gasteiger partial charge in [0, 0.05) is 5.71 Å². The molecule has 1 N–H and O–H groups in total. The van der Waals surface area contributed by atoms with Crippen LogP contribution in [0.1, 0.15) is 27.2 Å². The highest BCUT2D eigenvalue weighted by Gasteiger charge is 2.00. The molecular formula is C10H16BrN. The maximum absolute atomic E-state index is 7.61. The van der Waals surface area contributed by atoms with Crippen LogP contribution >= 0.6 is 15.9 Å². The van der Waals surface area contributed by atoms with Crippen molar-refractivity contribution in [1.82, 2.24) is 0 Å². The first-order valence-corrected chi connectivity index (χ1v) is 4.96. The average molecular weight is 230 g/mol. The van der Waals surface area contributed by atoms with Crippen molar-refractivity contribution < 1.29 is 0 Å². The Morgan fingerprint density at radius 1 is 1.58 bits per heavy atom. The zero-order valence-corrected chi connectivity index (χ0v) is 9.48. The summed E-state index contributed by atoms with van der Waals surface area (Å²) in [6, 6.07) is 0. The van der Waals surface area contributed by atoms with Crippen molar-refractivity contribution in [3.63, 3.8) is 0 Å². The van der Waals surface area contributed by atoms with Crippen LogP contribution in [0.15, 0.2) is 22.7 Å². The maximum Gasteiger partial charge on any atom is 0.0341 e. The minimum Gasteiger partial charge on any atom is -0.305 e. The summed E-state index contributed by atoms with van der Waals surface area (Å²) < 4.78 is 1.08. The first-order valence-electron chi connectivity index (χ1n) is 4.16. The van der Waals surface area contributed by atoms with E-state index in [0.717, 1.165) is 10.9 Å². The molecule has 0 aliphatic carbocycles. The van der Waals surface area contributed by atoms with E-state index in [2.05, 4.69) is 29.8 Å². The summed E-state index contributed by atoms with van der Waals surface area (Å²) in [7, 11) is 0. The normalized spacial score (nSPS) is 15.2. The maximum atomic E-state index is 7.61. The SMILES string of the molecule is CCC(C)C(=N)/C=C\C=C(/C)Br. The lowest BCUT2D eigenvalue weighted by atomic mass is 10.0. The van der Waals surface area contributed by atoms with Crippen molar-refractivity contribution in [2.75, 3.05) is 0 Å². The molecule has 0 fully saturated rings. The van der Waals surface area contributed by atoms with Crippen molar-refractivity contribution in [2.24, 2.45) is 5.92 Å². The van der Waals surface area contributed by atoms with E-state index in [4.69, 9.17) is 5.41 Å². The number of allylic oxidation sites excluding steroid dienone is 4. The van der Waals surface area contributed by atoms with Crippen molar-refractivity contribution in [3.8, 4) is 0 Å². The predicted molar refractivity (Wildman–Crippen MR) is 59.0 cm³/mol. The van der Waals surface area contributed by atoms with E-state index in [0.29, 0.717) is 11.6 Å². The van der Waals surface area contributed by atoms with Crippen LogP contribution in [0.4, 0.5) is 0 Å². The summed E-state index contributed by atoms with van der Waals surface area (Å²) in [6.45, 7) is 6.13. The van der Waals surface area contributed by atoms with Gasteiger partial charge in [-0.25, -0.2) is 0 Å².